The minimum absolute atomic E-state index is 0.296. The normalized spacial score (nSPS) is 10.6. The predicted molar refractivity (Wildman–Crippen MR) is 59.4 cm³/mol. The number of aliphatic hydroxyl groups is 1. The van der Waals surface area contributed by atoms with Gasteiger partial charge in [-0.25, -0.2) is 4.98 Å². The molecule has 0 saturated carbocycles. The third-order valence-corrected chi connectivity index (χ3v) is 3.72. The van der Waals surface area contributed by atoms with Crippen molar-refractivity contribution in [3.63, 3.8) is 0 Å². The van der Waals surface area contributed by atoms with Crippen molar-refractivity contribution >= 4 is 23.1 Å². The Balaban J connectivity index is 2.20. The number of hydrogen-bond donors (Lipinski definition) is 1. The van der Waals surface area contributed by atoms with Crippen molar-refractivity contribution in [3.8, 4) is 0 Å². The Morgan fingerprint density at radius 2 is 2.46 bits per heavy atom. The second-order valence-electron chi connectivity index (χ2n) is 2.72. The summed E-state index contributed by atoms with van der Waals surface area (Å²) in [6.07, 6.45) is 1.92. The average Bonchev–Trinajstić information content (AvgIpc) is 2.60. The molecule has 1 aromatic heterocycles. The first-order chi connectivity index (χ1) is 6.36. The molecule has 0 aliphatic heterocycles. The molecule has 1 aromatic rings. The van der Waals surface area contributed by atoms with Crippen LogP contribution in [0.3, 0.4) is 0 Å². The van der Waals surface area contributed by atoms with Crippen molar-refractivity contribution < 1.29 is 5.11 Å². The minimum Gasteiger partial charge on any atom is -0.396 e. The maximum Gasteiger partial charge on any atom is 0.0925 e. The van der Waals surface area contributed by atoms with Crippen molar-refractivity contribution in [2.75, 3.05) is 12.4 Å². The molecule has 0 fully saturated rings. The lowest BCUT2D eigenvalue weighted by molar-refractivity contribution is 0.296. The highest BCUT2D eigenvalue weighted by Gasteiger charge is 1.99. The number of thioether (sulfide) groups is 1. The highest BCUT2D eigenvalue weighted by molar-refractivity contribution is 7.98. The van der Waals surface area contributed by atoms with Gasteiger partial charge in [-0.05, 0) is 18.6 Å². The maximum atomic E-state index is 8.58. The third-order valence-electron chi connectivity index (χ3n) is 1.60. The molecule has 0 aromatic carbocycles. The second-order valence-corrected chi connectivity index (χ2v) is 4.76. The Morgan fingerprint density at radius 1 is 1.62 bits per heavy atom. The monoisotopic (exact) mass is 217 g/mol. The highest BCUT2D eigenvalue weighted by atomic mass is 32.2. The van der Waals surface area contributed by atoms with E-state index >= 15 is 0 Å². The first kappa shape index (κ1) is 11.0. The molecule has 0 spiro atoms. The van der Waals surface area contributed by atoms with Crippen LogP contribution >= 0.6 is 23.1 Å². The van der Waals surface area contributed by atoms with Crippen molar-refractivity contribution in [1.82, 2.24) is 4.98 Å². The summed E-state index contributed by atoms with van der Waals surface area (Å²) < 4.78 is 0. The van der Waals surface area contributed by atoms with Crippen LogP contribution in [0.4, 0.5) is 0 Å². The summed E-state index contributed by atoms with van der Waals surface area (Å²) in [5.74, 6) is 2.01. The summed E-state index contributed by atoms with van der Waals surface area (Å²) in [7, 11) is 0. The number of hydrogen-bond acceptors (Lipinski definition) is 4. The van der Waals surface area contributed by atoms with E-state index in [9.17, 15) is 0 Å². The van der Waals surface area contributed by atoms with E-state index < -0.39 is 0 Å². The van der Waals surface area contributed by atoms with Crippen molar-refractivity contribution in [2.45, 2.75) is 25.5 Å². The fourth-order valence-electron chi connectivity index (χ4n) is 0.921. The number of aliphatic hydroxyl groups excluding tert-OH is 1. The summed E-state index contributed by atoms with van der Waals surface area (Å²) in [6, 6.07) is 0. The maximum absolute atomic E-state index is 8.58. The van der Waals surface area contributed by atoms with Crippen molar-refractivity contribution in [2.24, 2.45) is 0 Å². The summed E-state index contributed by atoms with van der Waals surface area (Å²) in [6.45, 7) is 2.42. The summed E-state index contributed by atoms with van der Waals surface area (Å²) in [5, 5.41) is 11.9. The first-order valence-electron chi connectivity index (χ1n) is 4.48. The predicted octanol–water partition coefficient (Wildman–Crippen LogP) is 2.32. The number of nitrogens with zero attached hydrogens (tertiary/aromatic N) is 1. The minimum atomic E-state index is 0.296. The van der Waals surface area contributed by atoms with E-state index in [-0.39, 0.29) is 0 Å². The summed E-state index contributed by atoms with van der Waals surface area (Å²) in [5.41, 5.74) is 1.18. The van der Waals surface area contributed by atoms with Crippen LogP contribution < -0.4 is 0 Å². The van der Waals surface area contributed by atoms with Gasteiger partial charge in [0.05, 0.1) is 10.7 Å². The van der Waals surface area contributed by atoms with Gasteiger partial charge in [-0.15, -0.1) is 11.3 Å². The van der Waals surface area contributed by atoms with Gasteiger partial charge in [0.25, 0.3) is 0 Å². The molecule has 4 heteroatoms. The molecule has 13 heavy (non-hydrogen) atoms. The molecule has 0 atom stereocenters. The van der Waals surface area contributed by atoms with Crippen molar-refractivity contribution in [1.29, 1.82) is 0 Å². The molecule has 1 heterocycles. The second kappa shape index (κ2) is 6.40. The molecular weight excluding hydrogens is 202 g/mol. The van der Waals surface area contributed by atoms with Crippen LogP contribution in [0.15, 0.2) is 5.38 Å². The van der Waals surface area contributed by atoms with E-state index in [0.29, 0.717) is 6.61 Å². The van der Waals surface area contributed by atoms with Gasteiger partial charge in [0, 0.05) is 17.7 Å². The van der Waals surface area contributed by atoms with Gasteiger partial charge in [0.1, 0.15) is 0 Å². The van der Waals surface area contributed by atoms with Crippen LogP contribution in [-0.2, 0) is 12.2 Å². The number of rotatable bonds is 6. The van der Waals surface area contributed by atoms with E-state index in [0.717, 1.165) is 24.3 Å². The first-order valence-corrected chi connectivity index (χ1v) is 6.52. The zero-order valence-electron chi connectivity index (χ0n) is 7.82. The quantitative estimate of drug-likeness (QED) is 0.742. The smallest absolute Gasteiger partial charge is 0.0925 e. The Hall–Kier alpha value is -0.0600. The molecule has 0 amide bonds. The van der Waals surface area contributed by atoms with Crippen LogP contribution in [0.1, 0.15) is 24.0 Å². The van der Waals surface area contributed by atoms with Gasteiger partial charge in [0.15, 0.2) is 0 Å². The fourth-order valence-corrected chi connectivity index (χ4v) is 2.61. The van der Waals surface area contributed by atoms with Gasteiger partial charge < -0.3 is 5.11 Å². The zero-order valence-corrected chi connectivity index (χ0v) is 9.46. The lowest BCUT2D eigenvalue weighted by atomic mass is 10.5. The lowest BCUT2D eigenvalue weighted by Gasteiger charge is -1.95. The average molecular weight is 217 g/mol. The molecule has 74 valence electrons. The topological polar surface area (TPSA) is 33.1 Å². The largest absolute Gasteiger partial charge is 0.396 e. The Labute approximate surface area is 87.4 Å². The molecule has 1 rings (SSSR count). The van der Waals surface area contributed by atoms with Crippen LogP contribution in [0.25, 0.3) is 0 Å². The molecule has 0 unspecified atom stereocenters. The number of thiazole rings is 1. The number of aryl methyl sites for hydroxylation is 1. The highest BCUT2D eigenvalue weighted by Crippen LogP contribution is 2.16. The van der Waals surface area contributed by atoms with E-state index in [1.54, 1.807) is 11.3 Å². The standard InChI is InChI=1S/C9H15NOS2/c1-2-9-10-8(7-13-9)6-12-5-3-4-11/h7,11H,2-6H2,1H3. The molecule has 2 nitrogen and oxygen atoms in total. The Bertz CT molecular complexity index is 237. The Morgan fingerprint density at radius 3 is 3.08 bits per heavy atom. The molecule has 1 N–H and O–H groups in total. The third kappa shape index (κ3) is 4.11. The molecule has 0 aliphatic rings. The molecular formula is C9H15NOS2. The van der Waals surface area contributed by atoms with Gasteiger partial charge in [-0.1, -0.05) is 6.92 Å². The summed E-state index contributed by atoms with van der Waals surface area (Å²) in [4.78, 5) is 4.46. The van der Waals surface area contributed by atoms with Crippen LogP contribution in [-0.4, -0.2) is 22.5 Å². The van der Waals surface area contributed by atoms with E-state index in [4.69, 9.17) is 5.11 Å². The zero-order chi connectivity index (χ0) is 9.52. The van der Waals surface area contributed by atoms with E-state index in [1.165, 1.54) is 10.7 Å². The summed E-state index contributed by atoms with van der Waals surface area (Å²) >= 11 is 3.58. The van der Waals surface area contributed by atoms with E-state index in [2.05, 4.69) is 17.3 Å². The van der Waals surface area contributed by atoms with Gasteiger partial charge >= 0.3 is 0 Å². The SMILES string of the molecule is CCc1nc(CSCCCO)cs1. The van der Waals surface area contributed by atoms with Gasteiger partial charge in [-0.2, -0.15) is 11.8 Å². The van der Waals surface area contributed by atoms with Crippen LogP contribution in [0.2, 0.25) is 0 Å². The fraction of sp³-hybridized carbons (Fsp3) is 0.667. The molecule has 0 radical (unpaired) electrons. The van der Waals surface area contributed by atoms with Gasteiger partial charge in [-0.3, -0.25) is 0 Å². The molecule has 0 saturated heterocycles. The van der Waals surface area contributed by atoms with E-state index in [1.807, 2.05) is 11.8 Å². The number of aromatic nitrogens is 1. The van der Waals surface area contributed by atoms with Gasteiger partial charge in [0.2, 0.25) is 0 Å². The molecule has 0 bridgehead atoms. The van der Waals surface area contributed by atoms with Crippen molar-refractivity contribution in [3.05, 3.63) is 16.1 Å². The Kier molecular flexibility index (Phi) is 5.43. The van der Waals surface area contributed by atoms with Crippen LogP contribution in [0, 0.1) is 0 Å². The lowest BCUT2D eigenvalue weighted by Crippen LogP contribution is -1.88. The molecule has 0 aliphatic carbocycles. The van der Waals surface area contributed by atoms with Crippen LogP contribution in [0.5, 0.6) is 0 Å².